The number of aromatic nitrogens is 1. The molecule has 4 N–H and O–H groups in total. The van der Waals surface area contributed by atoms with Gasteiger partial charge >= 0.3 is 0 Å². The lowest BCUT2D eigenvalue weighted by Crippen LogP contribution is -2.33. The van der Waals surface area contributed by atoms with Crippen molar-refractivity contribution in [1.82, 2.24) is 10.3 Å². The van der Waals surface area contributed by atoms with Crippen LogP contribution in [0.4, 0.5) is 5.82 Å². The molecule has 0 saturated heterocycles. The second kappa shape index (κ2) is 9.67. The van der Waals surface area contributed by atoms with Gasteiger partial charge in [-0.1, -0.05) is 20.8 Å². The number of carbonyl (C=O) groups is 1. The molecular formula is C20H33N5O. The van der Waals surface area contributed by atoms with Gasteiger partial charge in [0, 0.05) is 24.7 Å². The fraction of sp³-hybridized carbons (Fsp3) is 0.650. The third kappa shape index (κ3) is 6.41. The van der Waals surface area contributed by atoms with Crippen molar-refractivity contribution in [2.75, 3.05) is 18.4 Å². The number of pyridine rings is 1. The average Bonchev–Trinajstić information content (AvgIpc) is 3.43. The summed E-state index contributed by atoms with van der Waals surface area (Å²) in [5, 5.41) is 6.89. The Bertz CT molecular complexity index is 637. The number of nitrogens with one attached hydrogen (secondary N) is 2. The molecule has 1 aliphatic carbocycles. The summed E-state index contributed by atoms with van der Waals surface area (Å²) in [6, 6.07) is 2.29. The highest BCUT2D eigenvalue weighted by Gasteiger charge is 2.26. The minimum absolute atomic E-state index is 0.283. The Kier molecular flexibility index (Phi) is 7.57. The molecule has 1 aromatic rings. The summed E-state index contributed by atoms with van der Waals surface area (Å²) in [7, 11) is 0. The van der Waals surface area contributed by atoms with E-state index in [2.05, 4.69) is 41.4 Å². The Hall–Kier alpha value is -1.95. The molecule has 0 radical (unpaired) electrons. The summed E-state index contributed by atoms with van der Waals surface area (Å²) in [5.41, 5.74) is 7.33. The number of carbonyl (C=O) groups excluding carboxylic acids is 1. The number of aliphatic imine (C=N–C) groups is 1. The lowest BCUT2D eigenvalue weighted by molar-refractivity contribution is 0.100. The van der Waals surface area contributed by atoms with Crippen LogP contribution in [-0.4, -0.2) is 35.9 Å². The number of amides is 1. The molecule has 0 aliphatic heterocycles. The number of hydrogen-bond donors (Lipinski definition) is 3. The van der Waals surface area contributed by atoms with Crippen LogP contribution in [-0.2, 0) is 0 Å². The first-order chi connectivity index (χ1) is 12.4. The zero-order valence-electron chi connectivity index (χ0n) is 16.5. The van der Waals surface area contributed by atoms with Crippen LogP contribution in [0.1, 0.15) is 62.4 Å². The van der Waals surface area contributed by atoms with Crippen molar-refractivity contribution in [3.05, 3.63) is 23.4 Å². The Labute approximate surface area is 157 Å². The summed E-state index contributed by atoms with van der Waals surface area (Å²) < 4.78 is 0. The van der Waals surface area contributed by atoms with Gasteiger partial charge in [0.25, 0.3) is 5.91 Å². The molecule has 2 rings (SSSR count). The number of anilines is 1. The fourth-order valence-electron chi connectivity index (χ4n) is 2.74. The minimum atomic E-state index is -0.307. The molecule has 1 atom stereocenters. The van der Waals surface area contributed by atoms with Crippen LogP contribution in [0.5, 0.6) is 0 Å². The molecule has 0 spiro atoms. The SMILES string of the molecule is CCC(CCNc1ncc(C)cc1C(=O)N=C(N)C1CC1)NCC(C)C. The largest absolute Gasteiger partial charge is 0.387 e. The molecule has 1 saturated carbocycles. The second-order valence-electron chi connectivity index (χ2n) is 7.65. The number of amidine groups is 1. The monoisotopic (exact) mass is 359 g/mol. The topological polar surface area (TPSA) is 92.4 Å². The van der Waals surface area contributed by atoms with E-state index in [0.717, 1.165) is 44.3 Å². The number of nitrogens with two attached hydrogens (primary N) is 1. The van der Waals surface area contributed by atoms with Crippen LogP contribution >= 0.6 is 0 Å². The first-order valence-corrected chi connectivity index (χ1v) is 9.73. The third-order valence-corrected chi connectivity index (χ3v) is 4.57. The molecule has 0 aromatic carbocycles. The van der Waals surface area contributed by atoms with Crippen molar-refractivity contribution in [1.29, 1.82) is 0 Å². The van der Waals surface area contributed by atoms with Gasteiger partial charge in [0.15, 0.2) is 0 Å². The highest BCUT2D eigenvalue weighted by Crippen LogP contribution is 2.29. The van der Waals surface area contributed by atoms with E-state index < -0.39 is 0 Å². The maximum absolute atomic E-state index is 12.5. The molecule has 6 nitrogen and oxygen atoms in total. The summed E-state index contributed by atoms with van der Waals surface area (Å²) in [6.07, 6.45) is 5.87. The first kappa shape index (κ1) is 20.4. The second-order valence-corrected chi connectivity index (χ2v) is 7.65. The number of rotatable bonds is 10. The molecule has 26 heavy (non-hydrogen) atoms. The number of nitrogens with zero attached hydrogens (tertiary/aromatic N) is 2. The molecule has 1 heterocycles. The molecule has 1 amide bonds. The molecule has 0 bridgehead atoms. The van der Waals surface area contributed by atoms with Crippen molar-refractivity contribution in [3.63, 3.8) is 0 Å². The predicted octanol–water partition coefficient (Wildman–Crippen LogP) is 3.12. The van der Waals surface area contributed by atoms with Gasteiger partial charge in [0.2, 0.25) is 0 Å². The zero-order chi connectivity index (χ0) is 19.1. The molecule has 144 valence electrons. The smallest absolute Gasteiger partial charge is 0.282 e. The van der Waals surface area contributed by atoms with Crippen molar-refractivity contribution in [3.8, 4) is 0 Å². The van der Waals surface area contributed by atoms with Gasteiger partial charge in [0.1, 0.15) is 11.7 Å². The van der Waals surface area contributed by atoms with Crippen LogP contribution < -0.4 is 16.4 Å². The maximum Gasteiger partial charge on any atom is 0.282 e. The highest BCUT2D eigenvalue weighted by atomic mass is 16.1. The van der Waals surface area contributed by atoms with E-state index in [1.165, 1.54) is 0 Å². The minimum Gasteiger partial charge on any atom is -0.387 e. The lowest BCUT2D eigenvalue weighted by Gasteiger charge is -2.19. The van der Waals surface area contributed by atoms with E-state index >= 15 is 0 Å². The third-order valence-electron chi connectivity index (χ3n) is 4.57. The molecule has 1 aromatic heterocycles. The van der Waals surface area contributed by atoms with Crippen LogP contribution in [0, 0.1) is 18.8 Å². The van der Waals surface area contributed by atoms with E-state index in [0.29, 0.717) is 29.2 Å². The summed E-state index contributed by atoms with van der Waals surface area (Å²) in [4.78, 5) is 21.0. The van der Waals surface area contributed by atoms with Gasteiger partial charge in [0.05, 0.1) is 5.56 Å². The fourth-order valence-corrected chi connectivity index (χ4v) is 2.74. The number of aryl methyl sites for hydroxylation is 1. The first-order valence-electron chi connectivity index (χ1n) is 9.73. The van der Waals surface area contributed by atoms with Crippen molar-refractivity contribution >= 4 is 17.6 Å². The quantitative estimate of drug-likeness (QED) is 0.441. The van der Waals surface area contributed by atoms with Crippen molar-refractivity contribution in [2.24, 2.45) is 22.6 Å². The van der Waals surface area contributed by atoms with Gasteiger partial charge in [-0.3, -0.25) is 4.79 Å². The summed E-state index contributed by atoms with van der Waals surface area (Å²) >= 11 is 0. The van der Waals surface area contributed by atoms with E-state index in [4.69, 9.17) is 5.73 Å². The van der Waals surface area contributed by atoms with E-state index in [1.54, 1.807) is 6.20 Å². The molecule has 6 heteroatoms. The predicted molar refractivity (Wildman–Crippen MR) is 108 cm³/mol. The van der Waals surface area contributed by atoms with Gasteiger partial charge in [-0.25, -0.2) is 4.98 Å². The van der Waals surface area contributed by atoms with Crippen molar-refractivity contribution < 1.29 is 4.79 Å². The van der Waals surface area contributed by atoms with E-state index in [1.807, 2.05) is 13.0 Å². The Morgan fingerprint density at radius 3 is 2.77 bits per heavy atom. The van der Waals surface area contributed by atoms with Crippen LogP contribution in [0.15, 0.2) is 17.3 Å². The van der Waals surface area contributed by atoms with Crippen molar-refractivity contribution in [2.45, 2.75) is 59.4 Å². The molecule has 1 fully saturated rings. The average molecular weight is 360 g/mol. The molecule has 1 unspecified atom stereocenters. The maximum atomic E-state index is 12.5. The highest BCUT2D eigenvalue weighted by molar-refractivity contribution is 6.06. The van der Waals surface area contributed by atoms with Crippen LogP contribution in [0.25, 0.3) is 0 Å². The van der Waals surface area contributed by atoms with Gasteiger partial charge in [-0.15, -0.1) is 0 Å². The Morgan fingerprint density at radius 2 is 2.15 bits per heavy atom. The van der Waals surface area contributed by atoms with Crippen LogP contribution in [0.2, 0.25) is 0 Å². The number of hydrogen-bond acceptors (Lipinski definition) is 4. The Morgan fingerprint density at radius 1 is 1.42 bits per heavy atom. The van der Waals surface area contributed by atoms with E-state index in [-0.39, 0.29) is 11.8 Å². The molecule has 1 aliphatic rings. The van der Waals surface area contributed by atoms with Gasteiger partial charge in [-0.05, 0) is 56.7 Å². The van der Waals surface area contributed by atoms with E-state index in [9.17, 15) is 4.79 Å². The van der Waals surface area contributed by atoms with Gasteiger partial charge in [-0.2, -0.15) is 4.99 Å². The molecular weight excluding hydrogens is 326 g/mol. The normalized spacial score (nSPS) is 16.0. The Balaban J connectivity index is 1.98. The summed E-state index contributed by atoms with van der Waals surface area (Å²) in [6.45, 7) is 10.3. The zero-order valence-corrected chi connectivity index (χ0v) is 16.5. The lowest BCUT2D eigenvalue weighted by atomic mass is 10.1. The summed E-state index contributed by atoms with van der Waals surface area (Å²) in [5.74, 6) is 1.65. The standard InChI is InChI=1S/C20H33N5O/c1-5-16(23-11-13(2)3)8-9-22-19-17(10-14(4)12-24-19)20(26)25-18(21)15-6-7-15/h10,12-13,15-16,23H,5-9,11H2,1-4H3,(H,22,24)(H2,21,25,26). The van der Waals surface area contributed by atoms with Crippen LogP contribution in [0.3, 0.4) is 0 Å². The van der Waals surface area contributed by atoms with Gasteiger partial charge < -0.3 is 16.4 Å².